The van der Waals surface area contributed by atoms with Gasteiger partial charge in [-0.25, -0.2) is 9.97 Å². The maximum atomic E-state index is 13.0. The van der Waals surface area contributed by atoms with Crippen LogP contribution in [-0.2, 0) is 12.7 Å². The fourth-order valence-electron chi connectivity index (χ4n) is 3.07. The van der Waals surface area contributed by atoms with E-state index in [9.17, 15) is 13.2 Å². The molecule has 0 spiro atoms. The fourth-order valence-corrected chi connectivity index (χ4v) is 3.07. The first-order valence-electron chi connectivity index (χ1n) is 8.20. The quantitative estimate of drug-likeness (QED) is 0.760. The van der Waals surface area contributed by atoms with Crippen LogP contribution in [0.5, 0.6) is 0 Å². The molecule has 25 heavy (non-hydrogen) atoms. The van der Waals surface area contributed by atoms with Gasteiger partial charge >= 0.3 is 6.18 Å². The Morgan fingerprint density at radius 1 is 1.24 bits per heavy atom. The normalized spacial score (nSPS) is 16.3. The van der Waals surface area contributed by atoms with Gasteiger partial charge in [0.1, 0.15) is 0 Å². The molecule has 0 radical (unpaired) electrons. The lowest BCUT2D eigenvalue weighted by molar-refractivity contribution is -0.137. The second kappa shape index (κ2) is 6.15. The Morgan fingerprint density at radius 2 is 2.08 bits per heavy atom. The molecule has 0 aliphatic heterocycles. The molecule has 1 N–H and O–H groups in total. The summed E-state index contributed by atoms with van der Waals surface area (Å²) in [5, 5.41) is 3.38. The molecular formula is C18H17F3N4. The molecule has 1 aromatic carbocycles. The number of aromatic nitrogens is 3. The molecule has 2 heterocycles. The molecule has 0 bridgehead atoms. The highest BCUT2D eigenvalue weighted by Gasteiger charge is 2.35. The predicted octanol–water partition coefficient (Wildman–Crippen LogP) is 3.99. The summed E-state index contributed by atoms with van der Waals surface area (Å²) in [5.41, 5.74) is 0.893. The molecule has 1 saturated carbocycles. The van der Waals surface area contributed by atoms with Crippen LogP contribution in [0.4, 0.5) is 13.2 Å². The lowest BCUT2D eigenvalue weighted by Crippen LogP contribution is -2.23. The molecule has 0 saturated heterocycles. The molecule has 1 aliphatic carbocycles. The molecule has 1 atom stereocenters. The average Bonchev–Trinajstić information content (AvgIpc) is 3.33. The fraction of sp³-hybridized carbons (Fsp3) is 0.333. The van der Waals surface area contributed by atoms with Crippen molar-refractivity contribution in [1.29, 1.82) is 0 Å². The first-order valence-corrected chi connectivity index (χ1v) is 8.20. The van der Waals surface area contributed by atoms with Crippen LogP contribution >= 0.6 is 0 Å². The van der Waals surface area contributed by atoms with E-state index < -0.39 is 11.7 Å². The van der Waals surface area contributed by atoms with E-state index in [2.05, 4.69) is 15.3 Å². The molecule has 3 aromatic rings. The van der Waals surface area contributed by atoms with E-state index >= 15 is 0 Å². The Hall–Kier alpha value is -2.41. The molecular weight excluding hydrogens is 329 g/mol. The number of imidazole rings is 1. The average molecular weight is 346 g/mol. The van der Waals surface area contributed by atoms with Crippen LogP contribution in [0.25, 0.3) is 5.78 Å². The van der Waals surface area contributed by atoms with Crippen LogP contribution in [0.1, 0.15) is 35.7 Å². The van der Waals surface area contributed by atoms with E-state index in [1.54, 1.807) is 12.3 Å². The van der Waals surface area contributed by atoms with Gasteiger partial charge in [-0.2, -0.15) is 13.2 Å². The van der Waals surface area contributed by atoms with E-state index in [4.69, 9.17) is 0 Å². The molecule has 130 valence electrons. The number of rotatable bonds is 5. The van der Waals surface area contributed by atoms with Crippen LogP contribution < -0.4 is 5.32 Å². The largest absolute Gasteiger partial charge is 0.416 e. The van der Waals surface area contributed by atoms with Crippen molar-refractivity contribution < 1.29 is 13.2 Å². The van der Waals surface area contributed by atoms with E-state index in [1.165, 1.54) is 12.1 Å². The number of nitrogens with zero attached hydrogens (tertiary/aromatic N) is 3. The number of benzene rings is 1. The molecule has 2 aromatic heterocycles. The van der Waals surface area contributed by atoms with Gasteiger partial charge in [0.15, 0.2) is 0 Å². The van der Waals surface area contributed by atoms with Crippen molar-refractivity contribution in [2.45, 2.75) is 31.6 Å². The minimum absolute atomic E-state index is 0.0972. The van der Waals surface area contributed by atoms with Gasteiger partial charge in [0.25, 0.3) is 0 Å². The maximum Gasteiger partial charge on any atom is 0.416 e. The van der Waals surface area contributed by atoms with Crippen molar-refractivity contribution in [3.63, 3.8) is 0 Å². The van der Waals surface area contributed by atoms with Crippen LogP contribution in [0.15, 0.2) is 48.9 Å². The monoisotopic (exact) mass is 346 g/mol. The SMILES string of the molecule is FC(F)(F)c1cccc(C(NCc2cn3cccnc3n2)C2CC2)c1. The van der Waals surface area contributed by atoms with Crippen molar-refractivity contribution in [2.75, 3.05) is 0 Å². The summed E-state index contributed by atoms with van der Waals surface area (Å²) in [4.78, 5) is 8.60. The van der Waals surface area contributed by atoms with Crippen molar-refractivity contribution in [3.8, 4) is 0 Å². The Balaban J connectivity index is 1.54. The Morgan fingerprint density at radius 3 is 2.80 bits per heavy atom. The predicted molar refractivity (Wildman–Crippen MR) is 86.7 cm³/mol. The van der Waals surface area contributed by atoms with Crippen molar-refractivity contribution in [1.82, 2.24) is 19.7 Å². The molecule has 1 aliphatic rings. The van der Waals surface area contributed by atoms with Crippen molar-refractivity contribution in [3.05, 3.63) is 65.7 Å². The van der Waals surface area contributed by atoms with Gasteiger partial charge in [0.2, 0.25) is 5.78 Å². The molecule has 0 amide bonds. The third-order valence-electron chi connectivity index (χ3n) is 4.45. The number of hydrogen-bond donors (Lipinski definition) is 1. The smallest absolute Gasteiger partial charge is 0.304 e. The molecule has 4 nitrogen and oxygen atoms in total. The highest BCUT2D eigenvalue weighted by Crippen LogP contribution is 2.42. The van der Waals surface area contributed by atoms with Gasteiger partial charge in [-0.15, -0.1) is 0 Å². The van der Waals surface area contributed by atoms with E-state index in [-0.39, 0.29) is 6.04 Å². The van der Waals surface area contributed by atoms with Gasteiger partial charge in [-0.05, 0) is 42.5 Å². The lowest BCUT2D eigenvalue weighted by atomic mass is 10.00. The van der Waals surface area contributed by atoms with E-state index in [0.29, 0.717) is 23.8 Å². The Bertz CT molecular complexity index is 850. The van der Waals surface area contributed by atoms with Crippen LogP contribution in [-0.4, -0.2) is 14.4 Å². The maximum absolute atomic E-state index is 13.0. The van der Waals surface area contributed by atoms with Gasteiger partial charge in [0.05, 0.1) is 11.3 Å². The Kier molecular flexibility index (Phi) is 3.95. The first kappa shape index (κ1) is 16.1. The van der Waals surface area contributed by atoms with Crippen molar-refractivity contribution in [2.24, 2.45) is 5.92 Å². The zero-order chi connectivity index (χ0) is 17.4. The van der Waals surface area contributed by atoms with Gasteiger partial charge in [-0.1, -0.05) is 12.1 Å². The third kappa shape index (κ3) is 3.51. The highest BCUT2D eigenvalue weighted by atomic mass is 19.4. The second-order valence-corrected chi connectivity index (χ2v) is 6.38. The van der Waals surface area contributed by atoms with Gasteiger partial charge < -0.3 is 5.32 Å². The summed E-state index contributed by atoms with van der Waals surface area (Å²) in [6.45, 7) is 0.487. The summed E-state index contributed by atoms with van der Waals surface area (Å²) in [7, 11) is 0. The Labute approximate surface area is 142 Å². The van der Waals surface area contributed by atoms with E-state index in [1.807, 2.05) is 22.9 Å². The van der Waals surface area contributed by atoms with E-state index in [0.717, 1.165) is 24.6 Å². The van der Waals surface area contributed by atoms with Crippen molar-refractivity contribution >= 4 is 5.78 Å². The number of nitrogens with one attached hydrogen (secondary N) is 1. The molecule has 4 rings (SSSR count). The van der Waals surface area contributed by atoms with Gasteiger partial charge in [-0.3, -0.25) is 4.40 Å². The van der Waals surface area contributed by atoms with Crippen LogP contribution in [0.3, 0.4) is 0 Å². The topological polar surface area (TPSA) is 42.2 Å². The molecule has 7 heteroatoms. The van der Waals surface area contributed by atoms with Gasteiger partial charge in [0, 0.05) is 31.2 Å². The molecule has 1 unspecified atom stereocenters. The summed E-state index contributed by atoms with van der Waals surface area (Å²) < 4.78 is 40.8. The summed E-state index contributed by atoms with van der Waals surface area (Å²) in [6.07, 6.45) is 3.16. The summed E-state index contributed by atoms with van der Waals surface area (Å²) >= 11 is 0. The standard InChI is InChI=1S/C18H17F3N4/c19-18(20,21)14-4-1-3-13(9-14)16(12-5-6-12)23-10-15-11-25-8-2-7-22-17(25)24-15/h1-4,7-9,11-12,16,23H,5-6,10H2. The third-order valence-corrected chi connectivity index (χ3v) is 4.45. The number of alkyl halides is 3. The number of fused-ring (bicyclic) bond motifs is 1. The second-order valence-electron chi connectivity index (χ2n) is 6.38. The lowest BCUT2D eigenvalue weighted by Gasteiger charge is -2.19. The number of hydrogen-bond acceptors (Lipinski definition) is 3. The molecule has 1 fully saturated rings. The summed E-state index contributed by atoms with van der Waals surface area (Å²) in [5.74, 6) is 0.986. The zero-order valence-corrected chi connectivity index (χ0v) is 13.4. The van der Waals surface area contributed by atoms with Crippen LogP contribution in [0, 0.1) is 5.92 Å². The summed E-state index contributed by atoms with van der Waals surface area (Å²) in [6, 6.07) is 7.32. The minimum atomic E-state index is -4.32. The minimum Gasteiger partial charge on any atom is -0.304 e. The zero-order valence-electron chi connectivity index (χ0n) is 13.4. The number of halogens is 3. The first-order chi connectivity index (χ1) is 12.0. The highest BCUT2D eigenvalue weighted by molar-refractivity contribution is 5.31. The van der Waals surface area contributed by atoms with Crippen LogP contribution in [0.2, 0.25) is 0 Å².